The van der Waals surface area contributed by atoms with Gasteiger partial charge in [0.1, 0.15) is 5.60 Å². The summed E-state index contributed by atoms with van der Waals surface area (Å²) in [5.74, 6) is 0.704. The molecule has 130 valence electrons. The van der Waals surface area contributed by atoms with Crippen LogP contribution in [0.4, 0.5) is 4.79 Å². The first-order valence-corrected chi connectivity index (χ1v) is 8.67. The standard InChI is InChI=1S/C19H26N2O3/c1-19(2,3)24-18(23)21-11-9-20(10-12-21)17(22)16-13-15(16)14-7-5-4-6-8-14/h4-8,15-16H,9-13H2,1-3H3/t15-,16+/m0/s1. The highest BCUT2D eigenvalue weighted by molar-refractivity contribution is 5.83. The fourth-order valence-electron chi connectivity index (χ4n) is 3.21. The van der Waals surface area contributed by atoms with Gasteiger partial charge in [-0.1, -0.05) is 30.3 Å². The number of amides is 2. The zero-order chi connectivity index (χ0) is 17.3. The number of nitrogens with zero attached hydrogens (tertiary/aromatic N) is 2. The lowest BCUT2D eigenvalue weighted by atomic mass is 10.1. The first kappa shape index (κ1) is 16.8. The summed E-state index contributed by atoms with van der Waals surface area (Å²) in [5.41, 5.74) is 0.768. The maximum Gasteiger partial charge on any atom is 0.410 e. The second-order valence-corrected chi connectivity index (χ2v) is 7.65. The van der Waals surface area contributed by atoms with Gasteiger partial charge in [0.15, 0.2) is 0 Å². The van der Waals surface area contributed by atoms with Gasteiger partial charge in [-0.3, -0.25) is 4.79 Å². The van der Waals surface area contributed by atoms with Crippen LogP contribution in [0, 0.1) is 5.92 Å². The predicted molar refractivity (Wildman–Crippen MR) is 91.7 cm³/mol. The highest BCUT2D eigenvalue weighted by Gasteiger charge is 2.46. The molecule has 3 rings (SSSR count). The van der Waals surface area contributed by atoms with Gasteiger partial charge in [-0.25, -0.2) is 4.79 Å². The average Bonchev–Trinajstić information content (AvgIpc) is 3.34. The Morgan fingerprint density at radius 1 is 1.00 bits per heavy atom. The van der Waals surface area contributed by atoms with Crippen LogP contribution < -0.4 is 0 Å². The van der Waals surface area contributed by atoms with Crippen LogP contribution in [0.25, 0.3) is 0 Å². The van der Waals surface area contributed by atoms with Crippen LogP contribution >= 0.6 is 0 Å². The van der Waals surface area contributed by atoms with Crippen LogP contribution in [-0.2, 0) is 9.53 Å². The lowest BCUT2D eigenvalue weighted by Gasteiger charge is -2.35. The summed E-state index contributed by atoms with van der Waals surface area (Å²) in [6, 6.07) is 10.2. The van der Waals surface area contributed by atoms with Gasteiger partial charge in [0, 0.05) is 32.1 Å². The first-order chi connectivity index (χ1) is 11.3. The van der Waals surface area contributed by atoms with Crippen molar-refractivity contribution >= 4 is 12.0 Å². The molecule has 2 amide bonds. The zero-order valence-corrected chi connectivity index (χ0v) is 14.7. The molecular weight excluding hydrogens is 304 g/mol. The molecule has 0 aromatic heterocycles. The Hall–Kier alpha value is -2.04. The first-order valence-electron chi connectivity index (χ1n) is 8.67. The lowest BCUT2D eigenvalue weighted by Crippen LogP contribution is -2.52. The molecule has 1 saturated carbocycles. The van der Waals surface area contributed by atoms with Crippen LogP contribution in [0.3, 0.4) is 0 Å². The van der Waals surface area contributed by atoms with Crippen molar-refractivity contribution in [1.29, 1.82) is 0 Å². The third kappa shape index (κ3) is 3.89. The Kier molecular flexibility index (Phi) is 4.52. The van der Waals surface area contributed by atoms with E-state index >= 15 is 0 Å². The van der Waals surface area contributed by atoms with Gasteiger partial charge >= 0.3 is 6.09 Å². The molecule has 5 nitrogen and oxygen atoms in total. The van der Waals surface area contributed by atoms with Gasteiger partial charge in [-0.2, -0.15) is 0 Å². The maximum absolute atomic E-state index is 12.6. The molecule has 24 heavy (non-hydrogen) atoms. The summed E-state index contributed by atoms with van der Waals surface area (Å²) in [7, 11) is 0. The number of piperazine rings is 1. The molecule has 2 atom stereocenters. The highest BCUT2D eigenvalue weighted by atomic mass is 16.6. The maximum atomic E-state index is 12.6. The van der Waals surface area contributed by atoms with E-state index in [9.17, 15) is 9.59 Å². The lowest BCUT2D eigenvalue weighted by molar-refractivity contribution is -0.134. The highest BCUT2D eigenvalue weighted by Crippen LogP contribution is 2.48. The van der Waals surface area contributed by atoms with Crippen molar-refractivity contribution in [2.24, 2.45) is 5.92 Å². The Morgan fingerprint density at radius 3 is 2.17 bits per heavy atom. The molecule has 5 heteroatoms. The second kappa shape index (κ2) is 6.46. The molecule has 2 aliphatic rings. The number of hydrogen-bond acceptors (Lipinski definition) is 3. The summed E-state index contributed by atoms with van der Waals surface area (Å²) >= 11 is 0. The molecule has 0 radical (unpaired) electrons. The Balaban J connectivity index is 1.49. The number of hydrogen-bond donors (Lipinski definition) is 0. The van der Waals surface area contributed by atoms with Crippen LogP contribution in [0.5, 0.6) is 0 Å². The van der Waals surface area contributed by atoms with Gasteiger partial charge in [-0.15, -0.1) is 0 Å². The van der Waals surface area contributed by atoms with E-state index in [1.54, 1.807) is 4.90 Å². The van der Waals surface area contributed by atoms with E-state index in [-0.39, 0.29) is 17.9 Å². The molecular formula is C19H26N2O3. The van der Waals surface area contributed by atoms with Gasteiger partial charge in [-0.05, 0) is 38.7 Å². The summed E-state index contributed by atoms with van der Waals surface area (Å²) in [4.78, 5) is 28.3. The normalized spacial score (nSPS) is 23.8. The van der Waals surface area contributed by atoms with Crippen molar-refractivity contribution in [3.05, 3.63) is 35.9 Å². The summed E-state index contributed by atoms with van der Waals surface area (Å²) in [5, 5.41) is 0. The van der Waals surface area contributed by atoms with Gasteiger partial charge < -0.3 is 14.5 Å². The molecule has 1 aromatic carbocycles. The topological polar surface area (TPSA) is 49.9 Å². The van der Waals surface area contributed by atoms with E-state index in [2.05, 4.69) is 12.1 Å². The fourth-order valence-corrected chi connectivity index (χ4v) is 3.21. The summed E-state index contributed by atoms with van der Waals surface area (Å²) in [6.45, 7) is 7.86. The van der Waals surface area contributed by atoms with Crippen molar-refractivity contribution in [2.45, 2.75) is 38.7 Å². The van der Waals surface area contributed by atoms with E-state index in [4.69, 9.17) is 4.74 Å². The molecule has 2 fully saturated rings. The summed E-state index contributed by atoms with van der Waals surface area (Å²) in [6.07, 6.45) is 0.651. The smallest absolute Gasteiger partial charge is 0.410 e. The number of ether oxygens (including phenoxy) is 1. The van der Waals surface area contributed by atoms with Crippen LogP contribution in [0.15, 0.2) is 30.3 Å². The van der Waals surface area contributed by atoms with Crippen molar-refractivity contribution in [3.63, 3.8) is 0 Å². The minimum atomic E-state index is -0.485. The molecule has 0 spiro atoms. The third-order valence-electron chi connectivity index (χ3n) is 4.58. The van der Waals surface area contributed by atoms with Crippen molar-refractivity contribution in [1.82, 2.24) is 9.80 Å². The second-order valence-electron chi connectivity index (χ2n) is 7.65. The Labute approximate surface area is 143 Å². The van der Waals surface area contributed by atoms with E-state index in [0.29, 0.717) is 32.1 Å². The molecule has 0 N–H and O–H groups in total. The van der Waals surface area contributed by atoms with Crippen molar-refractivity contribution in [2.75, 3.05) is 26.2 Å². The molecule has 0 unspecified atom stereocenters. The monoisotopic (exact) mass is 330 g/mol. The molecule has 1 saturated heterocycles. The molecule has 1 aliphatic carbocycles. The van der Waals surface area contributed by atoms with Crippen molar-refractivity contribution < 1.29 is 14.3 Å². The SMILES string of the molecule is CC(C)(C)OC(=O)N1CCN(C(=O)[C@@H]2C[C@H]2c2ccccc2)CC1. The minimum Gasteiger partial charge on any atom is -0.444 e. The predicted octanol–water partition coefficient (Wildman–Crippen LogP) is 2.87. The van der Waals surface area contributed by atoms with E-state index in [1.807, 2.05) is 43.9 Å². The average molecular weight is 330 g/mol. The quantitative estimate of drug-likeness (QED) is 0.838. The van der Waals surface area contributed by atoms with Crippen molar-refractivity contribution in [3.8, 4) is 0 Å². The molecule has 1 aromatic rings. The van der Waals surface area contributed by atoms with Crippen LogP contribution in [-0.4, -0.2) is 53.6 Å². The van der Waals surface area contributed by atoms with Gasteiger partial charge in [0.05, 0.1) is 0 Å². The van der Waals surface area contributed by atoms with Crippen LogP contribution in [0.1, 0.15) is 38.7 Å². The van der Waals surface area contributed by atoms with E-state index in [0.717, 1.165) is 6.42 Å². The molecule has 1 aliphatic heterocycles. The molecule has 0 bridgehead atoms. The largest absolute Gasteiger partial charge is 0.444 e. The van der Waals surface area contributed by atoms with Gasteiger partial charge in [0.25, 0.3) is 0 Å². The molecule has 1 heterocycles. The number of rotatable bonds is 2. The fraction of sp³-hybridized carbons (Fsp3) is 0.579. The third-order valence-corrected chi connectivity index (χ3v) is 4.58. The number of carbonyl (C=O) groups is 2. The minimum absolute atomic E-state index is 0.112. The summed E-state index contributed by atoms with van der Waals surface area (Å²) < 4.78 is 5.39. The number of benzene rings is 1. The number of carbonyl (C=O) groups excluding carboxylic acids is 2. The van der Waals surface area contributed by atoms with Crippen LogP contribution in [0.2, 0.25) is 0 Å². The van der Waals surface area contributed by atoms with Gasteiger partial charge in [0.2, 0.25) is 5.91 Å². The zero-order valence-electron chi connectivity index (χ0n) is 14.7. The Morgan fingerprint density at radius 2 is 1.58 bits per heavy atom. The van der Waals surface area contributed by atoms with E-state index < -0.39 is 5.60 Å². The van der Waals surface area contributed by atoms with E-state index in [1.165, 1.54) is 5.56 Å². The Bertz CT molecular complexity index is 601.